The van der Waals surface area contributed by atoms with E-state index in [4.69, 9.17) is 4.42 Å². The lowest BCUT2D eigenvalue weighted by atomic mass is 10.2. The fourth-order valence-electron chi connectivity index (χ4n) is 4.05. The van der Waals surface area contributed by atoms with Gasteiger partial charge in [-0.1, -0.05) is 31.5 Å². The molecule has 3 aromatic rings. The molecule has 2 amide bonds. The lowest BCUT2D eigenvalue weighted by Crippen LogP contribution is -2.40. The maximum absolute atomic E-state index is 13.0. The summed E-state index contributed by atoms with van der Waals surface area (Å²) in [5, 5.41) is 7.75. The molecule has 7 nitrogen and oxygen atoms in total. The number of benzene rings is 1. The van der Waals surface area contributed by atoms with Crippen molar-refractivity contribution in [2.75, 3.05) is 31.5 Å². The second-order valence-corrected chi connectivity index (χ2v) is 7.68. The molecule has 0 saturated carbocycles. The Kier molecular flexibility index (Phi) is 5.90. The molecule has 0 radical (unpaired) electrons. The van der Waals surface area contributed by atoms with Crippen molar-refractivity contribution in [3.05, 3.63) is 54.3 Å². The Morgan fingerprint density at radius 3 is 2.67 bits per heavy atom. The summed E-state index contributed by atoms with van der Waals surface area (Å²) in [5.41, 5.74) is 2.73. The zero-order valence-electron chi connectivity index (χ0n) is 17.8. The second-order valence-electron chi connectivity index (χ2n) is 7.68. The van der Waals surface area contributed by atoms with Crippen LogP contribution in [-0.4, -0.2) is 57.8 Å². The molecule has 0 aliphatic carbocycles. The van der Waals surface area contributed by atoms with E-state index in [9.17, 15) is 4.79 Å². The van der Waals surface area contributed by atoms with E-state index < -0.39 is 0 Å². The van der Waals surface area contributed by atoms with Crippen molar-refractivity contribution in [3.8, 4) is 17.1 Å². The number of urea groups is 1. The van der Waals surface area contributed by atoms with Crippen LogP contribution in [0.15, 0.2) is 53.1 Å². The van der Waals surface area contributed by atoms with Gasteiger partial charge in [-0.15, -0.1) is 0 Å². The van der Waals surface area contributed by atoms with Gasteiger partial charge in [0.15, 0.2) is 5.76 Å². The van der Waals surface area contributed by atoms with Gasteiger partial charge in [0.1, 0.15) is 11.5 Å². The largest absolute Gasteiger partial charge is 0.463 e. The molecule has 1 atom stereocenters. The number of anilines is 1. The summed E-state index contributed by atoms with van der Waals surface area (Å²) < 4.78 is 7.27. The summed E-state index contributed by atoms with van der Waals surface area (Å²) in [6.45, 7) is 9.90. The number of likely N-dealkylation sites (tertiary alicyclic amines) is 1. The molecule has 0 spiro atoms. The Morgan fingerprint density at radius 2 is 2.00 bits per heavy atom. The minimum Gasteiger partial charge on any atom is -0.463 e. The number of amides is 2. The van der Waals surface area contributed by atoms with Crippen molar-refractivity contribution in [1.82, 2.24) is 19.6 Å². The number of rotatable bonds is 6. The number of hydrogen-bond acceptors (Lipinski definition) is 4. The van der Waals surface area contributed by atoms with Crippen LogP contribution in [0.2, 0.25) is 0 Å². The Bertz CT molecular complexity index is 974. The average molecular weight is 408 g/mol. The highest BCUT2D eigenvalue weighted by Gasteiger charge is 2.29. The standard InChI is InChI=1S/C23H29N5O2/c1-4-26(5-2)19-12-13-27(16-19)23(29)24-22-15-20(21-7-6-14-30-21)25-28(22)18-10-8-17(3)9-11-18/h6-11,14-15,19H,4-5,12-13,16H2,1-3H3,(H,24,29). The van der Waals surface area contributed by atoms with Crippen LogP contribution in [0.25, 0.3) is 17.1 Å². The van der Waals surface area contributed by atoms with E-state index in [-0.39, 0.29) is 6.03 Å². The van der Waals surface area contributed by atoms with E-state index >= 15 is 0 Å². The number of aryl methyl sites for hydroxylation is 1. The number of carbonyl (C=O) groups excluding carboxylic acids is 1. The van der Waals surface area contributed by atoms with Crippen molar-refractivity contribution in [3.63, 3.8) is 0 Å². The number of furan rings is 1. The van der Waals surface area contributed by atoms with Gasteiger partial charge in [0, 0.05) is 25.2 Å². The van der Waals surface area contributed by atoms with E-state index in [0.717, 1.165) is 38.3 Å². The zero-order chi connectivity index (χ0) is 21.1. The van der Waals surface area contributed by atoms with Gasteiger partial charge in [0.25, 0.3) is 0 Å². The quantitative estimate of drug-likeness (QED) is 0.658. The van der Waals surface area contributed by atoms with Gasteiger partial charge in [-0.05, 0) is 50.7 Å². The Balaban J connectivity index is 1.57. The van der Waals surface area contributed by atoms with Gasteiger partial charge in [0.05, 0.1) is 12.0 Å². The summed E-state index contributed by atoms with van der Waals surface area (Å²) in [7, 11) is 0. The highest BCUT2D eigenvalue weighted by molar-refractivity contribution is 5.89. The first-order chi connectivity index (χ1) is 14.6. The monoisotopic (exact) mass is 407 g/mol. The molecule has 158 valence electrons. The van der Waals surface area contributed by atoms with Crippen LogP contribution in [0.4, 0.5) is 10.6 Å². The molecule has 1 unspecified atom stereocenters. The number of aromatic nitrogens is 2. The number of nitrogens with zero attached hydrogens (tertiary/aromatic N) is 4. The number of nitrogens with one attached hydrogen (secondary N) is 1. The highest BCUT2D eigenvalue weighted by Crippen LogP contribution is 2.26. The molecule has 1 aliphatic rings. The van der Waals surface area contributed by atoms with Gasteiger partial charge < -0.3 is 9.32 Å². The Labute approximate surface area is 177 Å². The van der Waals surface area contributed by atoms with E-state index in [1.807, 2.05) is 54.3 Å². The summed E-state index contributed by atoms with van der Waals surface area (Å²) in [6.07, 6.45) is 2.63. The molecule has 1 saturated heterocycles. The van der Waals surface area contributed by atoms with Gasteiger partial charge >= 0.3 is 6.03 Å². The van der Waals surface area contributed by atoms with Crippen LogP contribution in [0, 0.1) is 6.92 Å². The van der Waals surface area contributed by atoms with Gasteiger partial charge in [-0.3, -0.25) is 10.2 Å². The minimum atomic E-state index is -0.0936. The second kappa shape index (κ2) is 8.75. The van der Waals surface area contributed by atoms with Crippen molar-refractivity contribution >= 4 is 11.8 Å². The molecular formula is C23H29N5O2. The van der Waals surface area contributed by atoms with Crippen molar-refractivity contribution < 1.29 is 9.21 Å². The molecule has 1 fully saturated rings. The van der Waals surface area contributed by atoms with Crippen LogP contribution in [0.1, 0.15) is 25.8 Å². The third-order valence-electron chi connectivity index (χ3n) is 5.78. The first kappa shape index (κ1) is 20.2. The third kappa shape index (κ3) is 4.11. The van der Waals surface area contributed by atoms with E-state index in [1.54, 1.807) is 10.9 Å². The fraction of sp³-hybridized carbons (Fsp3) is 0.391. The fourth-order valence-corrected chi connectivity index (χ4v) is 4.05. The van der Waals surface area contributed by atoms with Crippen LogP contribution in [0.3, 0.4) is 0 Å². The summed E-state index contributed by atoms with van der Waals surface area (Å²) in [4.78, 5) is 17.3. The molecule has 7 heteroatoms. The molecular weight excluding hydrogens is 378 g/mol. The lowest BCUT2D eigenvalue weighted by molar-refractivity contribution is 0.202. The molecule has 4 rings (SSSR count). The van der Waals surface area contributed by atoms with Gasteiger partial charge in [0.2, 0.25) is 0 Å². The average Bonchev–Trinajstić information content (AvgIpc) is 3.50. The third-order valence-corrected chi connectivity index (χ3v) is 5.78. The minimum absolute atomic E-state index is 0.0936. The van der Waals surface area contributed by atoms with Gasteiger partial charge in [-0.2, -0.15) is 5.10 Å². The number of likely N-dealkylation sites (N-methyl/N-ethyl adjacent to an activating group) is 1. The maximum Gasteiger partial charge on any atom is 0.323 e. The van der Waals surface area contributed by atoms with Crippen LogP contribution in [-0.2, 0) is 0 Å². The normalized spacial score (nSPS) is 16.4. The van der Waals surface area contributed by atoms with Crippen LogP contribution < -0.4 is 5.32 Å². The summed E-state index contributed by atoms with van der Waals surface area (Å²) >= 11 is 0. The molecule has 3 heterocycles. The van der Waals surface area contributed by atoms with Crippen molar-refractivity contribution in [2.45, 2.75) is 33.2 Å². The summed E-state index contributed by atoms with van der Waals surface area (Å²) in [6, 6.07) is 13.9. The lowest BCUT2D eigenvalue weighted by Gasteiger charge is -2.26. The molecule has 1 aromatic carbocycles. The Hall–Kier alpha value is -3.06. The molecule has 30 heavy (non-hydrogen) atoms. The number of hydrogen-bond donors (Lipinski definition) is 1. The predicted octanol–water partition coefficient (Wildman–Crippen LogP) is 4.39. The molecule has 1 N–H and O–H groups in total. The van der Waals surface area contributed by atoms with Crippen LogP contribution >= 0.6 is 0 Å². The molecule has 0 bridgehead atoms. The van der Waals surface area contributed by atoms with Crippen molar-refractivity contribution in [2.24, 2.45) is 0 Å². The predicted molar refractivity (Wildman–Crippen MR) is 118 cm³/mol. The maximum atomic E-state index is 13.0. The molecule has 1 aliphatic heterocycles. The van der Waals surface area contributed by atoms with E-state index in [2.05, 4.69) is 29.2 Å². The van der Waals surface area contributed by atoms with Crippen molar-refractivity contribution in [1.29, 1.82) is 0 Å². The van der Waals surface area contributed by atoms with E-state index in [0.29, 0.717) is 23.3 Å². The first-order valence-corrected chi connectivity index (χ1v) is 10.6. The first-order valence-electron chi connectivity index (χ1n) is 10.6. The number of carbonyl (C=O) groups is 1. The van der Waals surface area contributed by atoms with E-state index in [1.165, 1.54) is 5.56 Å². The Morgan fingerprint density at radius 1 is 1.23 bits per heavy atom. The topological polar surface area (TPSA) is 66.5 Å². The molecule has 2 aromatic heterocycles. The van der Waals surface area contributed by atoms with Crippen LogP contribution in [0.5, 0.6) is 0 Å². The highest BCUT2D eigenvalue weighted by atomic mass is 16.3. The summed E-state index contributed by atoms with van der Waals surface area (Å²) in [5.74, 6) is 1.29. The smallest absolute Gasteiger partial charge is 0.323 e. The zero-order valence-corrected chi connectivity index (χ0v) is 17.8. The SMILES string of the molecule is CCN(CC)C1CCN(C(=O)Nc2cc(-c3ccco3)nn2-c2ccc(C)cc2)C1. The van der Waals surface area contributed by atoms with Gasteiger partial charge in [-0.25, -0.2) is 9.48 Å².